The van der Waals surface area contributed by atoms with E-state index in [-0.39, 0.29) is 11.8 Å². The van der Waals surface area contributed by atoms with Crippen LogP contribution in [0.2, 0.25) is 0 Å². The fourth-order valence-electron chi connectivity index (χ4n) is 3.06. The molecule has 4 nitrogen and oxygen atoms in total. The number of H-pyrrole nitrogens is 1. The third kappa shape index (κ3) is 3.18. The van der Waals surface area contributed by atoms with E-state index in [1.54, 1.807) is 0 Å². The molecule has 1 heterocycles. The quantitative estimate of drug-likeness (QED) is 0.744. The molecule has 2 aromatic carbocycles. The molecule has 0 spiro atoms. The van der Waals surface area contributed by atoms with Crippen LogP contribution in [0.5, 0.6) is 0 Å². The van der Waals surface area contributed by atoms with Gasteiger partial charge >= 0.3 is 0 Å². The first-order valence-electron chi connectivity index (χ1n) is 8.61. The summed E-state index contributed by atoms with van der Waals surface area (Å²) in [6.45, 7) is 0. The number of fused-ring (bicyclic) bond motifs is 1. The van der Waals surface area contributed by atoms with Crippen molar-refractivity contribution in [2.24, 2.45) is 5.92 Å². The number of rotatable bonds is 5. The van der Waals surface area contributed by atoms with Crippen LogP contribution in [0, 0.1) is 5.92 Å². The van der Waals surface area contributed by atoms with Crippen LogP contribution >= 0.6 is 0 Å². The summed E-state index contributed by atoms with van der Waals surface area (Å²) in [6.07, 6.45) is 5.04. The van der Waals surface area contributed by atoms with Crippen molar-refractivity contribution in [1.82, 2.24) is 9.97 Å². The zero-order valence-electron chi connectivity index (χ0n) is 13.6. The highest BCUT2D eigenvalue weighted by Crippen LogP contribution is 2.27. The summed E-state index contributed by atoms with van der Waals surface area (Å²) in [5, 5.41) is 3.01. The molecule has 0 bridgehead atoms. The lowest BCUT2D eigenvalue weighted by molar-refractivity contribution is -0.122. The van der Waals surface area contributed by atoms with Gasteiger partial charge in [0.05, 0.1) is 11.0 Å². The maximum atomic E-state index is 12.0. The van der Waals surface area contributed by atoms with Gasteiger partial charge in [-0.3, -0.25) is 4.79 Å². The van der Waals surface area contributed by atoms with Crippen LogP contribution in [-0.4, -0.2) is 15.9 Å². The Hall–Kier alpha value is -2.62. The van der Waals surface area contributed by atoms with Crippen LogP contribution in [0.4, 0.5) is 5.69 Å². The number of carbonyl (C=O) groups excluding carboxylic acids is 1. The predicted octanol–water partition coefficient (Wildman–Crippen LogP) is 4.09. The first-order valence-corrected chi connectivity index (χ1v) is 8.61. The molecule has 0 aliphatic heterocycles. The Morgan fingerprint density at radius 3 is 2.58 bits per heavy atom. The zero-order chi connectivity index (χ0) is 16.4. The second-order valence-electron chi connectivity index (χ2n) is 6.51. The van der Waals surface area contributed by atoms with Crippen molar-refractivity contribution in [2.75, 3.05) is 5.32 Å². The molecular formula is C20H21N3O. The van der Waals surface area contributed by atoms with Crippen LogP contribution in [0.15, 0.2) is 48.5 Å². The Balaban J connectivity index is 1.35. The zero-order valence-corrected chi connectivity index (χ0v) is 13.6. The van der Waals surface area contributed by atoms with E-state index in [9.17, 15) is 4.79 Å². The van der Waals surface area contributed by atoms with Gasteiger partial charge in [-0.15, -0.1) is 0 Å². The van der Waals surface area contributed by atoms with E-state index in [4.69, 9.17) is 0 Å². The normalized spacial score (nSPS) is 14.5. The van der Waals surface area contributed by atoms with Gasteiger partial charge in [-0.25, -0.2) is 4.98 Å². The smallest absolute Gasteiger partial charge is 0.227 e. The van der Waals surface area contributed by atoms with Crippen LogP contribution in [0.3, 0.4) is 0 Å². The number of amides is 1. The minimum absolute atomic E-state index is 0.163. The lowest BCUT2D eigenvalue weighted by Gasteiger charge is -2.24. The molecule has 122 valence electrons. The highest BCUT2D eigenvalue weighted by molar-refractivity contribution is 5.93. The number of hydrogen-bond donors (Lipinski definition) is 2. The first-order chi connectivity index (χ1) is 11.8. The maximum absolute atomic E-state index is 12.0. The summed E-state index contributed by atoms with van der Waals surface area (Å²) in [5.41, 5.74) is 4.24. The number of carbonyl (C=O) groups is 1. The summed E-state index contributed by atoms with van der Waals surface area (Å²) in [5.74, 6) is 1.40. The largest absolute Gasteiger partial charge is 0.342 e. The Morgan fingerprint density at radius 1 is 1.08 bits per heavy atom. The van der Waals surface area contributed by atoms with Gasteiger partial charge in [0, 0.05) is 18.0 Å². The van der Waals surface area contributed by atoms with Crippen molar-refractivity contribution in [3.05, 3.63) is 59.9 Å². The third-order valence-corrected chi connectivity index (χ3v) is 4.79. The van der Waals surface area contributed by atoms with Gasteiger partial charge < -0.3 is 10.3 Å². The number of para-hydroxylation sites is 2. The van der Waals surface area contributed by atoms with E-state index < -0.39 is 0 Å². The third-order valence-electron chi connectivity index (χ3n) is 4.79. The molecule has 1 aliphatic carbocycles. The molecule has 0 radical (unpaired) electrons. The molecule has 3 aromatic rings. The molecule has 0 atom stereocenters. The number of imidazole rings is 1. The first kappa shape index (κ1) is 14.9. The Labute approximate surface area is 141 Å². The Bertz CT molecular complexity index is 814. The minimum atomic E-state index is 0.163. The van der Waals surface area contributed by atoms with Crippen molar-refractivity contribution < 1.29 is 4.79 Å². The number of nitrogens with zero attached hydrogens (tertiary/aromatic N) is 1. The van der Waals surface area contributed by atoms with Gasteiger partial charge in [0.15, 0.2) is 0 Å². The Kier molecular flexibility index (Phi) is 4.03. The highest BCUT2D eigenvalue weighted by atomic mass is 16.1. The van der Waals surface area contributed by atoms with E-state index >= 15 is 0 Å². The standard InChI is InChI=1S/C20H21N3O/c24-20(15-4-3-5-15)21-16-11-8-14(9-12-16)10-13-19-22-17-6-1-2-7-18(17)23-19/h1-2,6-9,11-12,15H,3-5,10,13H2,(H,21,24)(H,22,23). The van der Waals surface area contributed by atoms with E-state index in [1.807, 2.05) is 36.4 Å². The predicted molar refractivity (Wildman–Crippen MR) is 95.9 cm³/mol. The molecule has 0 saturated heterocycles. The molecule has 1 aliphatic rings. The number of benzene rings is 2. The monoisotopic (exact) mass is 319 g/mol. The van der Waals surface area contributed by atoms with Crippen LogP contribution < -0.4 is 5.32 Å². The van der Waals surface area contributed by atoms with Gasteiger partial charge in [0.1, 0.15) is 5.82 Å². The van der Waals surface area contributed by atoms with Crippen LogP contribution in [0.1, 0.15) is 30.7 Å². The van der Waals surface area contributed by atoms with Crippen molar-refractivity contribution in [2.45, 2.75) is 32.1 Å². The number of anilines is 1. The topological polar surface area (TPSA) is 57.8 Å². The van der Waals surface area contributed by atoms with Crippen molar-refractivity contribution in [3.8, 4) is 0 Å². The molecule has 1 aromatic heterocycles. The average molecular weight is 319 g/mol. The number of aromatic amines is 1. The number of nitrogens with one attached hydrogen (secondary N) is 2. The molecule has 24 heavy (non-hydrogen) atoms. The number of aromatic nitrogens is 2. The molecule has 0 unspecified atom stereocenters. The van der Waals surface area contributed by atoms with Crippen LogP contribution in [-0.2, 0) is 17.6 Å². The molecule has 1 fully saturated rings. The summed E-state index contributed by atoms with van der Waals surface area (Å²) in [7, 11) is 0. The minimum Gasteiger partial charge on any atom is -0.342 e. The van der Waals surface area contributed by atoms with Gasteiger partial charge in [-0.2, -0.15) is 0 Å². The summed E-state index contributed by atoms with van der Waals surface area (Å²) >= 11 is 0. The number of hydrogen-bond acceptors (Lipinski definition) is 2. The SMILES string of the molecule is O=C(Nc1ccc(CCc2nc3ccccc3[nH]2)cc1)C1CCC1. The van der Waals surface area contributed by atoms with Crippen molar-refractivity contribution in [3.63, 3.8) is 0 Å². The summed E-state index contributed by atoms with van der Waals surface area (Å²) < 4.78 is 0. The Morgan fingerprint density at radius 2 is 1.88 bits per heavy atom. The maximum Gasteiger partial charge on any atom is 0.227 e. The van der Waals surface area contributed by atoms with Crippen LogP contribution in [0.25, 0.3) is 11.0 Å². The van der Waals surface area contributed by atoms with E-state index in [1.165, 1.54) is 12.0 Å². The fourth-order valence-corrected chi connectivity index (χ4v) is 3.06. The summed E-state index contributed by atoms with van der Waals surface area (Å²) in [4.78, 5) is 19.9. The van der Waals surface area contributed by atoms with E-state index in [0.717, 1.165) is 48.2 Å². The molecule has 2 N–H and O–H groups in total. The van der Waals surface area contributed by atoms with Gasteiger partial charge in [-0.05, 0) is 49.1 Å². The van der Waals surface area contributed by atoms with Gasteiger partial charge in [0.25, 0.3) is 0 Å². The average Bonchev–Trinajstić information content (AvgIpc) is 2.95. The second kappa shape index (κ2) is 6.48. The van der Waals surface area contributed by atoms with Crippen molar-refractivity contribution in [1.29, 1.82) is 0 Å². The van der Waals surface area contributed by atoms with E-state index in [2.05, 4.69) is 27.4 Å². The lowest BCUT2D eigenvalue weighted by atomic mass is 9.85. The molecular weight excluding hydrogens is 298 g/mol. The fraction of sp³-hybridized carbons (Fsp3) is 0.300. The van der Waals surface area contributed by atoms with E-state index in [0.29, 0.717) is 0 Å². The highest BCUT2D eigenvalue weighted by Gasteiger charge is 2.24. The molecule has 4 rings (SSSR count). The van der Waals surface area contributed by atoms with Gasteiger partial charge in [-0.1, -0.05) is 30.7 Å². The second-order valence-corrected chi connectivity index (χ2v) is 6.51. The van der Waals surface area contributed by atoms with Crippen molar-refractivity contribution >= 4 is 22.6 Å². The molecule has 1 saturated carbocycles. The molecule has 1 amide bonds. The molecule has 4 heteroatoms. The van der Waals surface area contributed by atoms with Gasteiger partial charge in [0.2, 0.25) is 5.91 Å². The number of aryl methyl sites for hydroxylation is 2. The lowest BCUT2D eigenvalue weighted by Crippen LogP contribution is -2.27. The summed E-state index contributed by atoms with van der Waals surface area (Å²) in [6, 6.07) is 16.2.